The van der Waals surface area contributed by atoms with Crippen LogP contribution in [0.5, 0.6) is 5.75 Å². The number of ether oxygens (including phenoxy) is 3. The summed E-state index contributed by atoms with van der Waals surface area (Å²) in [4.78, 5) is 12.4. The quantitative estimate of drug-likeness (QED) is 0.416. The average Bonchev–Trinajstić information content (AvgIpc) is 3.05. The minimum Gasteiger partial charge on any atom is -0.485 e. The lowest BCUT2D eigenvalue weighted by Gasteiger charge is -2.39. The summed E-state index contributed by atoms with van der Waals surface area (Å²) in [5.41, 5.74) is 1.94. The van der Waals surface area contributed by atoms with Gasteiger partial charge in [0, 0.05) is 6.42 Å². The summed E-state index contributed by atoms with van der Waals surface area (Å²) in [6.45, 7) is 5.13. The van der Waals surface area contributed by atoms with E-state index < -0.39 is 43.3 Å². The minimum absolute atomic E-state index is 0.137. The van der Waals surface area contributed by atoms with Crippen molar-refractivity contribution in [1.29, 1.82) is 0 Å². The van der Waals surface area contributed by atoms with Crippen molar-refractivity contribution in [2.75, 3.05) is 6.61 Å². The molecule has 4 N–H and O–H groups in total. The highest BCUT2D eigenvalue weighted by Gasteiger charge is 2.45. The topological polar surface area (TPSA) is 126 Å². The van der Waals surface area contributed by atoms with Gasteiger partial charge in [-0.1, -0.05) is 6.58 Å². The van der Waals surface area contributed by atoms with E-state index in [1.165, 1.54) is 6.07 Å². The highest BCUT2D eigenvalue weighted by atomic mass is 16.7. The Morgan fingerprint density at radius 3 is 2.65 bits per heavy atom. The summed E-state index contributed by atoms with van der Waals surface area (Å²) >= 11 is 0. The summed E-state index contributed by atoms with van der Waals surface area (Å²) in [5.74, 6) is -0.0988. The van der Waals surface area contributed by atoms with Gasteiger partial charge in [0.1, 0.15) is 36.3 Å². The zero-order valence-electron chi connectivity index (χ0n) is 14.2. The number of carbonyl (C=O) groups excluding carboxylic acids is 1. The average molecular weight is 366 g/mol. The van der Waals surface area contributed by atoms with Crippen molar-refractivity contribution in [2.24, 2.45) is 0 Å². The highest BCUT2D eigenvalue weighted by Crippen LogP contribution is 2.32. The number of carbonyl (C=O) groups is 1. The third-order valence-electron chi connectivity index (χ3n) is 4.59. The molecule has 3 rings (SSSR count). The number of hydrogen-bond acceptors (Lipinski definition) is 8. The third kappa shape index (κ3) is 3.46. The summed E-state index contributed by atoms with van der Waals surface area (Å²) < 4.78 is 16.0. The highest BCUT2D eigenvalue weighted by molar-refractivity contribution is 5.90. The van der Waals surface area contributed by atoms with Gasteiger partial charge in [-0.2, -0.15) is 0 Å². The predicted octanol–water partition coefficient (Wildman–Crippen LogP) is -0.477. The summed E-state index contributed by atoms with van der Waals surface area (Å²) in [7, 11) is 0. The smallest absolute Gasteiger partial charge is 0.340 e. The largest absolute Gasteiger partial charge is 0.485 e. The molecule has 0 bridgehead atoms. The van der Waals surface area contributed by atoms with Crippen molar-refractivity contribution >= 4 is 5.97 Å². The Bertz CT molecular complexity index is 700. The molecule has 8 heteroatoms. The number of hydrogen-bond donors (Lipinski definition) is 4. The fourth-order valence-corrected chi connectivity index (χ4v) is 2.99. The van der Waals surface area contributed by atoms with Gasteiger partial charge in [-0.15, -0.1) is 0 Å². The monoisotopic (exact) mass is 366 g/mol. The van der Waals surface area contributed by atoms with Gasteiger partial charge in [-0.3, -0.25) is 0 Å². The molecule has 0 saturated carbocycles. The maximum Gasteiger partial charge on any atom is 0.340 e. The van der Waals surface area contributed by atoms with Gasteiger partial charge in [0.05, 0.1) is 12.2 Å². The maximum atomic E-state index is 12.4. The van der Waals surface area contributed by atoms with Gasteiger partial charge >= 0.3 is 5.97 Å². The first-order valence-electron chi connectivity index (χ1n) is 8.28. The van der Waals surface area contributed by atoms with Crippen molar-refractivity contribution in [3.05, 3.63) is 41.5 Å². The first-order chi connectivity index (χ1) is 12.3. The zero-order chi connectivity index (χ0) is 19.0. The second kappa shape index (κ2) is 7.34. The van der Waals surface area contributed by atoms with Crippen LogP contribution in [-0.4, -0.2) is 69.8 Å². The van der Waals surface area contributed by atoms with Crippen LogP contribution in [0.2, 0.25) is 0 Å². The molecular formula is C18H22O8. The lowest BCUT2D eigenvalue weighted by molar-refractivity contribution is -0.285. The van der Waals surface area contributed by atoms with Gasteiger partial charge in [-0.05, 0) is 36.3 Å². The molecule has 142 valence electrons. The van der Waals surface area contributed by atoms with E-state index in [0.717, 1.165) is 11.1 Å². The van der Waals surface area contributed by atoms with Crippen LogP contribution in [-0.2, 0) is 15.9 Å². The van der Waals surface area contributed by atoms with Gasteiger partial charge < -0.3 is 34.6 Å². The van der Waals surface area contributed by atoms with Gasteiger partial charge in [0.15, 0.2) is 0 Å². The second-order valence-corrected chi connectivity index (χ2v) is 6.58. The molecular weight excluding hydrogens is 344 g/mol. The summed E-state index contributed by atoms with van der Waals surface area (Å²) in [6.07, 6.45) is -6.96. The van der Waals surface area contributed by atoms with Crippen LogP contribution < -0.4 is 4.74 Å². The Morgan fingerprint density at radius 1 is 1.27 bits per heavy atom. The van der Waals surface area contributed by atoms with E-state index in [-0.39, 0.29) is 11.7 Å². The molecule has 2 aliphatic heterocycles. The summed E-state index contributed by atoms with van der Waals surface area (Å²) in [5, 5.41) is 38.6. The number of aliphatic hydroxyl groups excluding tert-OH is 4. The minimum atomic E-state index is -1.64. The van der Waals surface area contributed by atoms with E-state index in [4.69, 9.17) is 14.2 Å². The van der Waals surface area contributed by atoms with E-state index >= 15 is 0 Å². The number of aliphatic hydroxyl groups is 4. The van der Waals surface area contributed by atoms with E-state index in [0.29, 0.717) is 12.2 Å². The van der Waals surface area contributed by atoms with Crippen molar-refractivity contribution in [3.63, 3.8) is 0 Å². The fraction of sp³-hybridized carbons (Fsp3) is 0.500. The van der Waals surface area contributed by atoms with Crippen LogP contribution in [0.4, 0.5) is 0 Å². The molecule has 0 spiro atoms. The van der Waals surface area contributed by atoms with Crippen LogP contribution in [0.15, 0.2) is 30.4 Å². The molecule has 26 heavy (non-hydrogen) atoms. The molecule has 2 heterocycles. The van der Waals surface area contributed by atoms with E-state index in [9.17, 15) is 25.2 Å². The van der Waals surface area contributed by atoms with Crippen molar-refractivity contribution in [1.82, 2.24) is 0 Å². The molecule has 0 aromatic heterocycles. The molecule has 1 fully saturated rings. The van der Waals surface area contributed by atoms with Crippen LogP contribution in [0, 0.1) is 0 Å². The zero-order valence-corrected chi connectivity index (χ0v) is 14.2. The van der Waals surface area contributed by atoms with Gasteiger partial charge in [0.2, 0.25) is 6.29 Å². The Labute approximate surface area is 150 Å². The van der Waals surface area contributed by atoms with Crippen LogP contribution >= 0.6 is 0 Å². The molecule has 1 aromatic carbocycles. The molecule has 2 aliphatic rings. The third-order valence-corrected chi connectivity index (χ3v) is 4.59. The molecule has 0 unspecified atom stereocenters. The van der Waals surface area contributed by atoms with Crippen molar-refractivity contribution in [3.8, 4) is 5.75 Å². The number of rotatable bonds is 4. The van der Waals surface area contributed by atoms with Gasteiger partial charge in [0.25, 0.3) is 0 Å². The SMILES string of the molecule is C=C(C)[C@@H]1Cc2cc(C(=O)O[C@@H]3O[C@@H](CO)[C@H](O)[C@@H](O)[C@@H]3O)ccc2O1. The maximum absolute atomic E-state index is 12.4. The van der Waals surface area contributed by atoms with Gasteiger partial charge in [-0.25, -0.2) is 4.79 Å². The van der Waals surface area contributed by atoms with Crippen LogP contribution in [0.1, 0.15) is 22.8 Å². The second-order valence-electron chi connectivity index (χ2n) is 6.58. The molecule has 6 atom stereocenters. The van der Waals surface area contributed by atoms with E-state index in [1.807, 2.05) is 6.92 Å². The molecule has 1 saturated heterocycles. The predicted molar refractivity (Wildman–Crippen MR) is 88.6 cm³/mol. The Balaban J connectivity index is 1.71. The molecule has 0 aliphatic carbocycles. The number of esters is 1. The first kappa shape index (κ1) is 18.8. The van der Waals surface area contributed by atoms with Crippen LogP contribution in [0.25, 0.3) is 0 Å². The Hall–Kier alpha value is -1.97. The number of fused-ring (bicyclic) bond motifs is 1. The Morgan fingerprint density at radius 2 is 2.00 bits per heavy atom. The molecule has 8 nitrogen and oxygen atoms in total. The van der Waals surface area contributed by atoms with Crippen LogP contribution in [0.3, 0.4) is 0 Å². The lowest BCUT2D eigenvalue weighted by Crippen LogP contribution is -2.59. The lowest BCUT2D eigenvalue weighted by atomic mass is 9.99. The molecule has 0 radical (unpaired) electrons. The number of benzene rings is 1. The van der Waals surface area contributed by atoms with Crippen molar-refractivity contribution < 1.29 is 39.4 Å². The van der Waals surface area contributed by atoms with Crippen molar-refractivity contribution in [2.45, 2.75) is 50.2 Å². The summed E-state index contributed by atoms with van der Waals surface area (Å²) in [6, 6.07) is 4.80. The Kier molecular flexibility index (Phi) is 5.31. The fourth-order valence-electron chi connectivity index (χ4n) is 2.99. The normalized spacial score (nSPS) is 33.3. The molecule has 1 aromatic rings. The van der Waals surface area contributed by atoms with E-state index in [2.05, 4.69) is 6.58 Å². The standard InChI is InChI=1S/C18H22O8/c1-8(2)12-6-10-5-9(3-4-11(10)24-12)17(23)26-18-16(22)15(21)14(20)13(7-19)25-18/h3-5,12-16,18-22H,1,6-7H2,2H3/t12-,13-,14-,15+,16-,18-/m0/s1. The molecule has 0 amide bonds. The first-order valence-corrected chi connectivity index (χ1v) is 8.28. The van der Waals surface area contributed by atoms with E-state index in [1.54, 1.807) is 12.1 Å².